The van der Waals surface area contributed by atoms with Crippen molar-refractivity contribution in [2.75, 3.05) is 41.1 Å². The first-order valence-electron chi connectivity index (χ1n) is 10.7. The van der Waals surface area contributed by atoms with Gasteiger partial charge in [-0.3, -0.25) is 0 Å². The quantitative estimate of drug-likeness (QED) is 0.821. The fourth-order valence-electron chi connectivity index (χ4n) is 5.37. The molecule has 0 saturated heterocycles. The molecule has 30 heavy (non-hydrogen) atoms. The number of hydrogen-bond acceptors (Lipinski definition) is 6. The van der Waals surface area contributed by atoms with Crippen LogP contribution in [0.15, 0.2) is 24.3 Å². The number of ether oxygens (including phenoxy) is 5. The summed E-state index contributed by atoms with van der Waals surface area (Å²) in [6, 6.07) is 8.49. The van der Waals surface area contributed by atoms with Gasteiger partial charge >= 0.3 is 0 Å². The van der Waals surface area contributed by atoms with Crippen LogP contribution in [0.1, 0.15) is 48.4 Å². The van der Waals surface area contributed by atoms with Crippen molar-refractivity contribution in [3.05, 3.63) is 41.0 Å². The fraction of sp³-hybridized carbons (Fsp3) is 0.500. The van der Waals surface area contributed by atoms with Gasteiger partial charge in [0.2, 0.25) is 5.75 Å². The zero-order valence-electron chi connectivity index (χ0n) is 17.9. The van der Waals surface area contributed by atoms with Crippen LogP contribution in [0.5, 0.6) is 28.7 Å². The van der Waals surface area contributed by atoms with Gasteiger partial charge in [-0.2, -0.15) is 0 Å². The molecule has 1 spiro atoms. The molecule has 6 nitrogen and oxygen atoms in total. The highest BCUT2D eigenvalue weighted by Gasteiger charge is 2.43. The van der Waals surface area contributed by atoms with Crippen molar-refractivity contribution in [2.24, 2.45) is 0 Å². The molecule has 2 heterocycles. The summed E-state index contributed by atoms with van der Waals surface area (Å²) in [5.74, 6) is 3.63. The number of rotatable bonds is 4. The van der Waals surface area contributed by atoms with E-state index in [2.05, 4.69) is 17.4 Å². The van der Waals surface area contributed by atoms with E-state index in [4.69, 9.17) is 23.7 Å². The lowest BCUT2D eigenvalue weighted by molar-refractivity contribution is 0.170. The van der Waals surface area contributed by atoms with Crippen LogP contribution in [-0.2, 0) is 5.41 Å². The Morgan fingerprint density at radius 1 is 0.867 bits per heavy atom. The van der Waals surface area contributed by atoms with Gasteiger partial charge in [-0.15, -0.1) is 0 Å². The maximum atomic E-state index is 5.93. The molecule has 1 saturated carbocycles. The molecule has 2 aromatic carbocycles. The lowest BCUT2D eigenvalue weighted by Crippen LogP contribution is -2.44. The number of benzene rings is 2. The van der Waals surface area contributed by atoms with E-state index in [1.165, 1.54) is 36.8 Å². The third kappa shape index (κ3) is 2.97. The Bertz CT molecular complexity index is 926. The summed E-state index contributed by atoms with van der Waals surface area (Å²) < 4.78 is 28.6. The van der Waals surface area contributed by atoms with Gasteiger partial charge in [-0.1, -0.05) is 12.8 Å². The maximum Gasteiger partial charge on any atom is 0.203 e. The minimum absolute atomic E-state index is 0.00996. The van der Waals surface area contributed by atoms with E-state index in [0.717, 1.165) is 23.6 Å². The largest absolute Gasteiger partial charge is 0.493 e. The van der Waals surface area contributed by atoms with Gasteiger partial charge in [0.25, 0.3) is 0 Å². The molecule has 1 fully saturated rings. The van der Waals surface area contributed by atoms with Crippen molar-refractivity contribution in [3.63, 3.8) is 0 Å². The maximum absolute atomic E-state index is 5.93. The Hall–Kier alpha value is -2.60. The number of nitrogens with one attached hydrogen (secondary N) is 1. The predicted octanol–water partition coefficient (Wildman–Crippen LogP) is 3.99. The topological polar surface area (TPSA) is 58.2 Å². The third-order valence-electron chi connectivity index (χ3n) is 6.82. The first-order valence-corrected chi connectivity index (χ1v) is 10.7. The first-order chi connectivity index (χ1) is 14.7. The molecular formula is C24H29NO5. The van der Waals surface area contributed by atoms with Gasteiger partial charge in [-0.05, 0) is 53.8 Å². The second kappa shape index (κ2) is 7.58. The summed E-state index contributed by atoms with van der Waals surface area (Å²) in [4.78, 5) is 0. The molecule has 160 valence electrons. The minimum atomic E-state index is 0.00996. The first kappa shape index (κ1) is 19.4. The Labute approximate surface area is 177 Å². The second-order valence-corrected chi connectivity index (χ2v) is 8.34. The summed E-state index contributed by atoms with van der Waals surface area (Å²) in [6.07, 6.45) is 4.94. The van der Waals surface area contributed by atoms with Gasteiger partial charge in [-0.25, -0.2) is 0 Å². The van der Waals surface area contributed by atoms with E-state index in [0.29, 0.717) is 30.5 Å². The van der Waals surface area contributed by atoms with Gasteiger partial charge in [0.05, 0.1) is 27.4 Å². The van der Waals surface area contributed by atoms with Crippen molar-refractivity contribution in [3.8, 4) is 28.7 Å². The summed E-state index contributed by atoms with van der Waals surface area (Å²) in [7, 11) is 4.93. The molecule has 6 heteroatoms. The van der Waals surface area contributed by atoms with Crippen molar-refractivity contribution in [2.45, 2.75) is 37.1 Å². The molecule has 2 aliphatic heterocycles. The van der Waals surface area contributed by atoms with E-state index < -0.39 is 0 Å². The van der Waals surface area contributed by atoms with Crippen molar-refractivity contribution >= 4 is 0 Å². The summed E-state index contributed by atoms with van der Waals surface area (Å²) in [5.41, 5.74) is 3.89. The van der Waals surface area contributed by atoms with Crippen LogP contribution >= 0.6 is 0 Å². The highest BCUT2D eigenvalue weighted by atomic mass is 16.6. The lowest BCUT2D eigenvalue weighted by Gasteiger charge is -2.41. The SMILES string of the molecule is COc1cc(C2NCC3(CCCC3)c3cc4c(cc32)OCCO4)cc(OC)c1OC. The zero-order valence-corrected chi connectivity index (χ0v) is 17.9. The summed E-state index contributed by atoms with van der Waals surface area (Å²) in [6.45, 7) is 2.13. The molecule has 1 atom stereocenters. The van der Waals surface area contributed by atoms with Crippen molar-refractivity contribution < 1.29 is 23.7 Å². The van der Waals surface area contributed by atoms with Gasteiger partial charge in [0.15, 0.2) is 23.0 Å². The van der Waals surface area contributed by atoms with E-state index in [1.807, 2.05) is 12.1 Å². The second-order valence-electron chi connectivity index (χ2n) is 8.34. The van der Waals surface area contributed by atoms with Crippen LogP contribution in [-0.4, -0.2) is 41.1 Å². The van der Waals surface area contributed by atoms with Crippen LogP contribution in [0.2, 0.25) is 0 Å². The molecule has 0 radical (unpaired) electrons. The molecule has 0 amide bonds. The normalized spacial score (nSPS) is 21.2. The van der Waals surface area contributed by atoms with Gasteiger partial charge in [0.1, 0.15) is 13.2 Å². The minimum Gasteiger partial charge on any atom is -0.493 e. The number of fused-ring (bicyclic) bond motifs is 3. The molecule has 1 N–H and O–H groups in total. The highest BCUT2D eigenvalue weighted by molar-refractivity contribution is 5.59. The van der Waals surface area contributed by atoms with Crippen LogP contribution in [0.3, 0.4) is 0 Å². The average molecular weight is 411 g/mol. The Kier molecular flexibility index (Phi) is 4.89. The van der Waals surface area contributed by atoms with E-state index in [1.54, 1.807) is 21.3 Å². The summed E-state index contributed by atoms with van der Waals surface area (Å²) >= 11 is 0. The Balaban J connectivity index is 1.66. The highest BCUT2D eigenvalue weighted by Crippen LogP contribution is 2.51. The Morgan fingerprint density at radius 3 is 2.10 bits per heavy atom. The molecule has 0 aromatic heterocycles. The molecule has 3 aliphatic rings. The third-order valence-corrected chi connectivity index (χ3v) is 6.82. The smallest absolute Gasteiger partial charge is 0.203 e. The van der Waals surface area contributed by atoms with Gasteiger partial charge in [0, 0.05) is 12.0 Å². The summed E-state index contributed by atoms with van der Waals surface area (Å²) in [5, 5.41) is 3.82. The zero-order chi connectivity index (χ0) is 20.7. The molecule has 2 aromatic rings. The monoisotopic (exact) mass is 411 g/mol. The molecule has 5 rings (SSSR count). The van der Waals surface area contributed by atoms with Crippen molar-refractivity contribution in [1.29, 1.82) is 0 Å². The van der Waals surface area contributed by atoms with Crippen LogP contribution in [0.25, 0.3) is 0 Å². The standard InChI is InChI=1S/C24H29NO5/c1-26-20-10-15(11-21(27-2)23(20)28-3)22-16-12-18-19(30-9-8-29-18)13-17(16)24(14-25-22)6-4-5-7-24/h10-13,22,25H,4-9,14H2,1-3H3. The molecular weight excluding hydrogens is 382 g/mol. The van der Waals surface area contributed by atoms with Gasteiger partial charge < -0.3 is 29.0 Å². The van der Waals surface area contributed by atoms with E-state index in [9.17, 15) is 0 Å². The average Bonchev–Trinajstić information content (AvgIpc) is 3.26. The number of methoxy groups -OCH3 is 3. The number of hydrogen-bond donors (Lipinski definition) is 1. The van der Waals surface area contributed by atoms with Crippen LogP contribution in [0, 0.1) is 0 Å². The Morgan fingerprint density at radius 2 is 1.50 bits per heavy atom. The molecule has 1 aliphatic carbocycles. The van der Waals surface area contributed by atoms with Crippen LogP contribution in [0.4, 0.5) is 0 Å². The fourth-order valence-corrected chi connectivity index (χ4v) is 5.37. The molecule has 1 unspecified atom stereocenters. The van der Waals surface area contributed by atoms with Crippen molar-refractivity contribution in [1.82, 2.24) is 5.32 Å². The van der Waals surface area contributed by atoms with E-state index in [-0.39, 0.29) is 11.5 Å². The lowest BCUT2D eigenvalue weighted by atomic mass is 9.71. The van der Waals surface area contributed by atoms with E-state index >= 15 is 0 Å². The molecule has 0 bridgehead atoms. The van der Waals surface area contributed by atoms with Crippen LogP contribution < -0.4 is 29.0 Å². The predicted molar refractivity (Wildman–Crippen MR) is 114 cm³/mol.